The molecule has 0 aliphatic heterocycles. The molecule has 0 heterocycles. The smallest absolute Gasteiger partial charge is 0.0619 e. The molecule has 0 bridgehead atoms. The van der Waals surface area contributed by atoms with Crippen molar-refractivity contribution in [3.05, 3.63) is 130 Å². The van der Waals surface area contributed by atoms with Gasteiger partial charge in [0.1, 0.15) is 0 Å². The summed E-state index contributed by atoms with van der Waals surface area (Å²) in [4.78, 5) is 0. The minimum Gasteiger partial charge on any atom is -0.0619 e. The number of hydrogen-bond donors (Lipinski definition) is 0. The van der Waals surface area contributed by atoms with Gasteiger partial charge in [-0.1, -0.05) is 107 Å². The fourth-order valence-corrected chi connectivity index (χ4v) is 5.79. The van der Waals surface area contributed by atoms with Crippen LogP contribution in [0.2, 0.25) is 0 Å². The van der Waals surface area contributed by atoms with Gasteiger partial charge in [-0.2, -0.15) is 0 Å². The van der Waals surface area contributed by atoms with Crippen molar-refractivity contribution in [1.29, 1.82) is 0 Å². The second-order valence-corrected chi connectivity index (χ2v) is 8.70. The molecule has 2 aliphatic rings. The summed E-state index contributed by atoms with van der Waals surface area (Å²) in [5.41, 5.74) is 5.61. The van der Waals surface area contributed by atoms with E-state index in [9.17, 15) is 1.37 Å². The van der Waals surface area contributed by atoms with E-state index in [1.54, 1.807) is 0 Å². The van der Waals surface area contributed by atoms with Gasteiger partial charge in [-0.3, -0.25) is 0 Å². The van der Waals surface area contributed by atoms with Crippen LogP contribution in [0.15, 0.2) is 107 Å². The van der Waals surface area contributed by atoms with Crippen molar-refractivity contribution in [1.82, 2.24) is 0 Å². The third-order valence-electron chi connectivity index (χ3n) is 6.48. The summed E-state index contributed by atoms with van der Waals surface area (Å²) >= 11 is 3.65. The summed E-state index contributed by atoms with van der Waals surface area (Å²) in [6.45, 7) is 0. The van der Waals surface area contributed by atoms with Gasteiger partial charge >= 0.3 is 0 Å². The molecule has 1 spiro atoms. The first-order chi connectivity index (χ1) is 17.3. The maximum absolute atomic E-state index is 9.22. The van der Waals surface area contributed by atoms with Gasteiger partial charge in [-0.05, 0) is 67.4 Å². The van der Waals surface area contributed by atoms with Gasteiger partial charge in [0.25, 0.3) is 0 Å². The first-order valence-corrected chi connectivity index (χ1v) is 10.6. The third-order valence-corrected chi connectivity index (χ3v) is 6.98. The Kier molecular flexibility index (Phi) is 2.26. The summed E-state index contributed by atoms with van der Waals surface area (Å²) in [5.74, 6) is 0. The molecular weight excluding hydrogens is 428 g/mol. The average molecular weight is 451 g/mol. The van der Waals surface area contributed by atoms with E-state index < -0.39 is 5.41 Å². The van der Waals surface area contributed by atoms with Crippen LogP contribution >= 0.6 is 15.9 Å². The van der Waals surface area contributed by atoms with Crippen LogP contribution in [-0.4, -0.2) is 0 Å². The fraction of sp³-hybridized carbons (Fsp3) is 0.0345. The van der Waals surface area contributed by atoms with E-state index in [1.807, 2.05) is 42.5 Å². The Bertz CT molecular complexity index is 1820. The van der Waals surface area contributed by atoms with Crippen LogP contribution in [0.1, 0.15) is 30.5 Å². The molecule has 0 N–H and O–H groups in total. The lowest BCUT2D eigenvalue weighted by Crippen LogP contribution is -2.31. The lowest BCUT2D eigenvalue weighted by Gasteiger charge is -2.40. The van der Waals surface area contributed by atoms with E-state index in [0.29, 0.717) is 16.5 Å². The fourth-order valence-electron chi connectivity index (χ4n) is 5.43. The lowest BCUT2D eigenvalue weighted by atomic mass is 9.61. The standard InChI is InChI=1S/C29H17Br/c30-19-15-16-22-20-9-1-3-12-24(20)29(27(22)17-19)25-13-4-2-10-21(25)23-11-5-7-18-8-6-14-26(29)28(18)23/h1-17H/i5D,6D,7D,8D,11D,14D. The van der Waals surface area contributed by atoms with Gasteiger partial charge in [-0.25, -0.2) is 0 Å². The van der Waals surface area contributed by atoms with Crippen molar-refractivity contribution >= 4 is 26.7 Å². The quantitative estimate of drug-likeness (QED) is 0.220. The van der Waals surface area contributed by atoms with Crippen molar-refractivity contribution < 1.29 is 8.22 Å². The highest BCUT2D eigenvalue weighted by molar-refractivity contribution is 9.10. The first-order valence-electron chi connectivity index (χ1n) is 12.8. The summed E-state index contributed by atoms with van der Waals surface area (Å²) in [6, 6.07) is 20.8. The van der Waals surface area contributed by atoms with Crippen LogP contribution in [0.25, 0.3) is 33.0 Å². The van der Waals surface area contributed by atoms with Crippen molar-refractivity contribution in [3.63, 3.8) is 0 Å². The molecule has 5 aromatic rings. The molecule has 0 nitrogen and oxygen atoms in total. The molecule has 0 amide bonds. The molecule has 1 unspecified atom stereocenters. The normalized spacial score (nSPS) is 20.4. The van der Waals surface area contributed by atoms with Crippen molar-refractivity contribution in [2.45, 2.75) is 5.41 Å². The molecule has 5 aromatic carbocycles. The molecule has 140 valence electrons. The summed E-state index contributed by atoms with van der Waals surface area (Å²) in [7, 11) is 0. The second kappa shape index (κ2) is 5.71. The van der Waals surface area contributed by atoms with Gasteiger partial charge in [0, 0.05) is 4.47 Å². The molecule has 1 atom stereocenters. The first kappa shape index (κ1) is 11.9. The highest BCUT2D eigenvalue weighted by Crippen LogP contribution is 2.61. The van der Waals surface area contributed by atoms with Crippen molar-refractivity contribution in [3.8, 4) is 22.3 Å². The summed E-state index contributed by atoms with van der Waals surface area (Å²) in [5, 5.41) is 0.630. The van der Waals surface area contributed by atoms with Crippen LogP contribution in [0, 0.1) is 0 Å². The Morgan fingerprint density at radius 3 is 2.00 bits per heavy atom. The molecule has 2 aliphatic carbocycles. The predicted molar refractivity (Wildman–Crippen MR) is 128 cm³/mol. The molecule has 0 fully saturated rings. The van der Waals surface area contributed by atoms with Crippen molar-refractivity contribution in [2.75, 3.05) is 0 Å². The zero-order valence-electron chi connectivity index (χ0n) is 21.7. The highest BCUT2D eigenvalue weighted by atomic mass is 79.9. The second-order valence-electron chi connectivity index (χ2n) is 7.78. The van der Waals surface area contributed by atoms with Crippen LogP contribution in [0.5, 0.6) is 0 Å². The maximum Gasteiger partial charge on any atom is 0.0726 e. The molecule has 1 heteroatoms. The molecule has 0 radical (unpaired) electrons. The monoisotopic (exact) mass is 450 g/mol. The summed E-state index contributed by atoms with van der Waals surface area (Å²) < 4.78 is 53.7. The molecule has 30 heavy (non-hydrogen) atoms. The Balaban J connectivity index is 1.87. The predicted octanol–water partition coefficient (Wildman–Crippen LogP) is 7.95. The minimum absolute atomic E-state index is 0.0811. The van der Waals surface area contributed by atoms with Crippen LogP contribution < -0.4 is 0 Å². The highest BCUT2D eigenvalue weighted by Gasteiger charge is 2.49. The van der Waals surface area contributed by atoms with Gasteiger partial charge in [0.05, 0.1) is 13.6 Å². The van der Waals surface area contributed by atoms with E-state index in [0.717, 1.165) is 37.9 Å². The Labute approximate surface area is 192 Å². The number of hydrogen-bond acceptors (Lipinski definition) is 0. The van der Waals surface area contributed by atoms with E-state index in [4.69, 9.17) is 6.85 Å². The van der Waals surface area contributed by atoms with Crippen LogP contribution in [0.4, 0.5) is 0 Å². The Morgan fingerprint density at radius 1 is 0.600 bits per heavy atom. The minimum atomic E-state index is -0.972. The maximum atomic E-state index is 9.22. The number of benzene rings is 5. The molecular formula is C29H17Br. The van der Waals surface area contributed by atoms with E-state index >= 15 is 0 Å². The van der Waals surface area contributed by atoms with E-state index in [2.05, 4.69) is 40.2 Å². The molecule has 7 rings (SSSR count). The topological polar surface area (TPSA) is 0 Å². The zero-order chi connectivity index (χ0) is 25.1. The SMILES string of the molecule is [2H]c1c([2H])c2c3c(c([2H])c([2H])c([2H])c3c1[2H])C1(c3ccccc3-c3ccc(Br)cc31)c1ccccc1-2. The largest absolute Gasteiger partial charge is 0.0726 e. The average Bonchev–Trinajstić information content (AvgIpc) is 3.16. The number of fused-ring (bicyclic) bond motifs is 9. The lowest BCUT2D eigenvalue weighted by molar-refractivity contribution is 0.773. The molecule has 0 aromatic heterocycles. The van der Waals surface area contributed by atoms with E-state index in [1.165, 1.54) is 0 Å². The molecule has 0 saturated heterocycles. The van der Waals surface area contributed by atoms with Gasteiger partial charge < -0.3 is 0 Å². The van der Waals surface area contributed by atoms with Crippen LogP contribution in [0.3, 0.4) is 0 Å². The van der Waals surface area contributed by atoms with E-state index in [-0.39, 0.29) is 41.6 Å². The third kappa shape index (κ3) is 1.83. The number of halogens is 1. The van der Waals surface area contributed by atoms with Gasteiger partial charge in [-0.15, -0.1) is 0 Å². The van der Waals surface area contributed by atoms with Gasteiger partial charge in [0.15, 0.2) is 0 Å². The van der Waals surface area contributed by atoms with Gasteiger partial charge in [0.2, 0.25) is 0 Å². The molecule has 0 saturated carbocycles. The Hall–Kier alpha value is -3.16. The zero-order valence-corrected chi connectivity index (χ0v) is 17.3. The Morgan fingerprint density at radius 2 is 1.23 bits per heavy atom. The van der Waals surface area contributed by atoms with Crippen molar-refractivity contribution in [2.24, 2.45) is 0 Å². The summed E-state index contributed by atoms with van der Waals surface area (Å²) in [6.07, 6.45) is 0. The van der Waals surface area contributed by atoms with Crippen LogP contribution in [-0.2, 0) is 5.41 Å². The number of rotatable bonds is 0.